The number of nitrogens with zero attached hydrogens (tertiary/aromatic N) is 3. The van der Waals surface area contributed by atoms with E-state index in [4.69, 9.17) is 27.9 Å². The molecule has 1 amide bonds. The molecule has 25 heavy (non-hydrogen) atoms. The third-order valence-corrected chi connectivity index (χ3v) is 5.44. The molecule has 0 unspecified atom stereocenters. The number of fused-ring (bicyclic) bond motifs is 1. The van der Waals surface area contributed by atoms with E-state index in [1.165, 1.54) is 16.0 Å². The second-order valence-electron chi connectivity index (χ2n) is 5.49. The summed E-state index contributed by atoms with van der Waals surface area (Å²) in [6, 6.07) is 0. The number of nitrogens with one attached hydrogen (secondary N) is 1. The van der Waals surface area contributed by atoms with E-state index in [-0.39, 0.29) is 29.6 Å². The SMILES string of the molecule is CCOC(=O)c1c(NC(=O)Cn2nc(Cl)nc2Cl)sc2c1CCCC2. The van der Waals surface area contributed by atoms with E-state index in [0.717, 1.165) is 36.1 Å². The van der Waals surface area contributed by atoms with E-state index in [1.807, 2.05) is 0 Å². The molecule has 7 nitrogen and oxygen atoms in total. The van der Waals surface area contributed by atoms with Crippen LogP contribution >= 0.6 is 34.5 Å². The van der Waals surface area contributed by atoms with E-state index < -0.39 is 5.97 Å². The second kappa shape index (κ2) is 7.72. The van der Waals surface area contributed by atoms with Crippen LogP contribution in [-0.4, -0.2) is 33.2 Å². The van der Waals surface area contributed by atoms with Gasteiger partial charge in [-0.25, -0.2) is 9.48 Å². The number of esters is 1. The first-order valence-electron chi connectivity index (χ1n) is 7.87. The maximum Gasteiger partial charge on any atom is 0.341 e. The van der Waals surface area contributed by atoms with Gasteiger partial charge in [0.15, 0.2) is 0 Å². The Hall–Kier alpha value is -1.64. The summed E-state index contributed by atoms with van der Waals surface area (Å²) in [5.74, 6) is -0.772. The monoisotopic (exact) mass is 402 g/mol. The molecule has 3 rings (SSSR count). The number of hydrogen-bond acceptors (Lipinski definition) is 6. The van der Waals surface area contributed by atoms with Crippen molar-refractivity contribution in [3.63, 3.8) is 0 Å². The highest BCUT2D eigenvalue weighted by atomic mass is 35.5. The molecule has 2 aromatic rings. The van der Waals surface area contributed by atoms with E-state index in [0.29, 0.717) is 10.6 Å². The topological polar surface area (TPSA) is 86.1 Å². The number of aromatic nitrogens is 3. The van der Waals surface area contributed by atoms with Crippen LogP contribution in [0, 0.1) is 0 Å². The lowest BCUT2D eigenvalue weighted by molar-refractivity contribution is -0.116. The zero-order valence-electron chi connectivity index (χ0n) is 13.5. The minimum atomic E-state index is -0.404. The number of halogens is 2. The van der Waals surface area contributed by atoms with Crippen LogP contribution in [0.2, 0.25) is 10.6 Å². The molecule has 2 heterocycles. The van der Waals surface area contributed by atoms with Gasteiger partial charge in [0, 0.05) is 4.88 Å². The van der Waals surface area contributed by atoms with Crippen molar-refractivity contribution in [1.82, 2.24) is 14.8 Å². The van der Waals surface area contributed by atoms with Gasteiger partial charge in [-0.1, -0.05) is 0 Å². The van der Waals surface area contributed by atoms with Crippen LogP contribution < -0.4 is 5.32 Å². The van der Waals surface area contributed by atoms with Crippen LogP contribution in [0.5, 0.6) is 0 Å². The molecule has 0 radical (unpaired) electrons. The molecule has 0 atom stereocenters. The van der Waals surface area contributed by atoms with Crippen LogP contribution in [0.3, 0.4) is 0 Å². The number of carbonyl (C=O) groups is 2. The molecule has 0 aromatic carbocycles. The highest BCUT2D eigenvalue weighted by molar-refractivity contribution is 7.17. The maximum absolute atomic E-state index is 12.4. The number of anilines is 1. The Morgan fingerprint density at radius 2 is 2.08 bits per heavy atom. The fraction of sp³-hybridized carbons (Fsp3) is 0.467. The second-order valence-corrected chi connectivity index (χ2v) is 7.27. The lowest BCUT2D eigenvalue weighted by atomic mass is 9.95. The lowest BCUT2D eigenvalue weighted by Crippen LogP contribution is -2.21. The molecule has 1 N–H and O–H groups in total. The summed E-state index contributed by atoms with van der Waals surface area (Å²) in [6.45, 7) is 1.89. The van der Waals surface area contributed by atoms with Gasteiger partial charge in [0.05, 0.1) is 12.2 Å². The Balaban J connectivity index is 1.83. The molecule has 134 valence electrons. The third kappa shape index (κ3) is 3.96. The predicted molar refractivity (Wildman–Crippen MR) is 95.6 cm³/mol. The van der Waals surface area contributed by atoms with Gasteiger partial charge in [0.1, 0.15) is 11.5 Å². The average molecular weight is 403 g/mol. The average Bonchev–Trinajstić information content (AvgIpc) is 3.06. The van der Waals surface area contributed by atoms with Crippen molar-refractivity contribution < 1.29 is 14.3 Å². The first kappa shape index (κ1) is 18.2. The fourth-order valence-electron chi connectivity index (χ4n) is 2.77. The summed E-state index contributed by atoms with van der Waals surface area (Å²) < 4.78 is 6.36. The van der Waals surface area contributed by atoms with Crippen LogP contribution in [0.15, 0.2) is 0 Å². The molecule has 1 aliphatic rings. The maximum atomic E-state index is 12.4. The standard InChI is InChI=1S/C15H16Cl2N4O3S/c1-2-24-13(23)11-8-5-3-4-6-9(8)25-12(11)18-10(22)7-21-15(17)19-14(16)20-21/h2-7H2,1H3,(H,18,22). The Bertz CT molecular complexity index is 818. The Morgan fingerprint density at radius 1 is 1.32 bits per heavy atom. The van der Waals surface area contributed by atoms with Gasteiger partial charge in [-0.3, -0.25) is 4.79 Å². The summed E-state index contributed by atoms with van der Waals surface area (Å²) >= 11 is 12.9. The smallest absolute Gasteiger partial charge is 0.341 e. The van der Waals surface area contributed by atoms with E-state index in [9.17, 15) is 9.59 Å². The molecule has 0 saturated carbocycles. The molecule has 0 bridgehead atoms. The minimum absolute atomic E-state index is 0.0243. The summed E-state index contributed by atoms with van der Waals surface area (Å²) in [4.78, 5) is 29.6. The quantitative estimate of drug-likeness (QED) is 0.774. The highest BCUT2D eigenvalue weighted by Crippen LogP contribution is 2.38. The van der Waals surface area contributed by atoms with Crippen molar-refractivity contribution in [3.05, 3.63) is 26.6 Å². The van der Waals surface area contributed by atoms with Crippen molar-refractivity contribution in [1.29, 1.82) is 0 Å². The number of hydrogen-bond donors (Lipinski definition) is 1. The Labute approximate surface area is 158 Å². The van der Waals surface area contributed by atoms with Gasteiger partial charge in [-0.15, -0.1) is 16.4 Å². The molecule has 0 saturated heterocycles. The predicted octanol–water partition coefficient (Wildman–Crippen LogP) is 3.34. The fourth-order valence-corrected chi connectivity index (χ4v) is 4.46. The number of thiophene rings is 1. The molecule has 0 spiro atoms. The van der Waals surface area contributed by atoms with Gasteiger partial charge in [0.25, 0.3) is 0 Å². The summed E-state index contributed by atoms with van der Waals surface area (Å²) in [7, 11) is 0. The Kier molecular flexibility index (Phi) is 5.61. The van der Waals surface area contributed by atoms with E-state index in [2.05, 4.69) is 15.4 Å². The molecule has 0 aliphatic heterocycles. The van der Waals surface area contributed by atoms with Crippen LogP contribution in [0.25, 0.3) is 0 Å². The molecular formula is C15H16Cl2N4O3S. The number of amides is 1. The van der Waals surface area contributed by atoms with Crippen molar-refractivity contribution in [2.24, 2.45) is 0 Å². The lowest BCUT2D eigenvalue weighted by Gasteiger charge is -2.12. The zero-order chi connectivity index (χ0) is 18.0. The van der Waals surface area contributed by atoms with Gasteiger partial charge >= 0.3 is 5.97 Å². The van der Waals surface area contributed by atoms with Gasteiger partial charge in [-0.2, -0.15) is 4.98 Å². The zero-order valence-corrected chi connectivity index (χ0v) is 15.8. The first-order chi connectivity index (χ1) is 12.0. The van der Waals surface area contributed by atoms with Crippen molar-refractivity contribution in [2.45, 2.75) is 39.2 Å². The van der Waals surface area contributed by atoms with Crippen molar-refractivity contribution >= 4 is 51.4 Å². The van der Waals surface area contributed by atoms with E-state index in [1.54, 1.807) is 6.92 Å². The van der Waals surface area contributed by atoms with Gasteiger partial charge in [0.2, 0.25) is 16.5 Å². The molecule has 10 heteroatoms. The Morgan fingerprint density at radius 3 is 2.76 bits per heavy atom. The third-order valence-electron chi connectivity index (χ3n) is 3.80. The van der Waals surface area contributed by atoms with E-state index >= 15 is 0 Å². The van der Waals surface area contributed by atoms with Crippen molar-refractivity contribution in [2.75, 3.05) is 11.9 Å². The summed E-state index contributed by atoms with van der Waals surface area (Å²) in [5, 5.41) is 7.12. The van der Waals surface area contributed by atoms with Gasteiger partial charge in [-0.05, 0) is 61.4 Å². The van der Waals surface area contributed by atoms with Crippen LogP contribution in [0.4, 0.5) is 5.00 Å². The number of carbonyl (C=O) groups excluding carboxylic acids is 2. The highest BCUT2D eigenvalue weighted by Gasteiger charge is 2.27. The summed E-state index contributed by atoms with van der Waals surface area (Å²) in [5.41, 5.74) is 1.46. The largest absolute Gasteiger partial charge is 0.462 e. The van der Waals surface area contributed by atoms with Crippen LogP contribution in [-0.2, 0) is 28.9 Å². The minimum Gasteiger partial charge on any atom is -0.462 e. The van der Waals surface area contributed by atoms with Gasteiger partial charge < -0.3 is 10.1 Å². The number of ether oxygens (including phenoxy) is 1. The van der Waals surface area contributed by atoms with Crippen LogP contribution in [0.1, 0.15) is 40.6 Å². The first-order valence-corrected chi connectivity index (χ1v) is 9.44. The molecule has 2 aromatic heterocycles. The molecular weight excluding hydrogens is 387 g/mol. The number of aryl methyl sites for hydroxylation is 1. The molecule has 1 aliphatic carbocycles. The normalized spacial score (nSPS) is 13.4. The molecule has 0 fully saturated rings. The number of rotatable bonds is 5. The summed E-state index contributed by atoms with van der Waals surface area (Å²) in [6.07, 6.45) is 3.83. The van der Waals surface area contributed by atoms with Crippen molar-refractivity contribution in [3.8, 4) is 0 Å².